The van der Waals surface area contributed by atoms with Crippen molar-refractivity contribution in [2.24, 2.45) is 0 Å². The van der Waals surface area contributed by atoms with Crippen molar-refractivity contribution in [2.45, 2.75) is 6.42 Å². The highest BCUT2D eigenvalue weighted by molar-refractivity contribution is 14.1. The van der Waals surface area contributed by atoms with E-state index < -0.39 is 0 Å². The topological polar surface area (TPSA) is 17.1 Å². The molecule has 1 aromatic carbocycles. The predicted octanol–water partition coefficient (Wildman–Crippen LogP) is 2.50. The maximum Gasteiger partial charge on any atom is 0.174 e. The fourth-order valence-electron chi connectivity index (χ4n) is 0.857. The second kappa shape index (κ2) is 4.27. The molecule has 12 heavy (non-hydrogen) atoms. The number of hydrogen-bond acceptors (Lipinski definition) is 1. The van der Waals surface area contributed by atoms with Crippen molar-refractivity contribution in [3.8, 4) is 12.3 Å². The zero-order chi connectivity index (χ0) is 8.97. The van der Waals surface area contributed by atoms with E-state index in [-0.39, 0.29) is 12.2 Å². The first-order chi connectivity index (χ1) is 5.74. The molecule has 0 saturated carbocycles. The molecule has 0 amide bonds. The van der Waals surface area contributed by atoms with Crippen molar-refractivity contribution in [3.05, 3.63) is 33.4 Å². The van der Waals surface area contributed by atoms with Crippen LogP contribution in [0.3, 0.4) is 0 Å². The first-order valence-corrected chi connectivity index (χ1v) is 4.54. The SMILES string of the molecule is C#CCC(=O)c1cccc(I)c1. The van der Waals surface area contributed by atoms with Gasteiger partial charge in [0, 0.05) is 9.13 Å². The van der Waals surface area contributed by atoms with Gasteiger partial charge >= 0.3 is 0 Å². The summed E-state index contributed by atoms with van der Waals surface area (Å²) >= 11 is 2.16. The minimum Gasteiger partial charge on any atom is -0.293 e. The van der Waals surface area contributed by atoms with Gasteiger partial charge in [-0.15, -0.1) is 6.42 Å². The van der Waals surface area contributed by atoms with Crippen LogP contribution in [0, 0.1) is 15.9 Å². The van der Waals surface area contributed by atoms with Gasteiger partial charge in [-0.1, -0.05) is 18.1 Å². The molecule has 1 aromatic rings. The number of carbonyl (C=O) groups is 1. The first-order valence-electron chi connectivity index (χ1n) is 3.46. The number of terminal acetylenes is 1. The van der Waals surface area contributed by atoms with Crippen LogP contribution in [0.5, 0.6) is 0 Å². The van der Waals surface area contributed by atoms with Crippen LogP contribution in [0.15, 0.2) is 24.3 Å². The zero-order valence-corrected chi connectivity index (χ0v) is 8.54. The summed E-state index contributed by atoms with van der Waals surface area (Å²) in [5.41, 5.74) is 0.694. The number of benzene rings is 1. The minimum absolute atomic E-state index is 0.0102. The summed E-state index contributed by atoms with van der Waals surface area (Å²) in [5.74, 6) is 2.34. The molecule has 0 saturated heterocycles. The van der Waals surface area contributed by atoms with Gasteiger partial charge in [-0.3, -0.25) is 4.79 Å². The maximum atomic E-state index is 11.3. The monoisotopic (exact) mass is 270 g/mol. The van der Waals surface area contributed by atoms with E-state index in [1.54, 1.807) is 6.07 Å². The van der Waals surface area contributed by atoms with Gasteiger partial charge in [0.1, 0.15) is 0 Å². The van der Waals surface area contributed by atoms with E-state index >= 15 is 0 Å². The Morgan fingerprint density at radius 2 is 2.33 bits per heavy atom. The molecule has 0 N–H and O–H groups in total. The summed E-state index contributed by atoms with van der Waals surface area (Å²) < 4.78 is 1.05. The quantitative estimate of drug-likeness (QED) is 0.458. The second-order valence-electron chi connectivity index (χ2n) is 2.31. The Bertz CT molecular complexity index is 336. The Balaban J connectivity index is 2.90. The fraction of sp³-hybridized carbons (Fsp3) is 0.100. The minimum atomic E-state index is 0.0102. The highest BCUT2D eigenvalue weighted by Gasteiger charge is 2.02. The molecule has 2 heteroatoms. The fourth-order valence-corrected chi connectivity index (χ4v) is 1.40. The number of Topliss-reactive ketones (excluding diaryl/α,β-unsaturated/α-hetero) is 1. The molecule has 0 aromatic heterocycles. The lowest BCUT2D eigenvalue weighted by Gasteiger charge is -1.96. The molecule has 1 nitrogen and oxygen atoms in total. The van der Waals surface area contributed by atoms with Crippen LogP contribution in [0.25, 0.3) is 0 Å². The molecule has 0 spiro atoms. The molecule has 0 aliphatic heterocycles. The molecular formula is C10H7IO. The molecule has 0 aliphatic rings. The normalized spacial score (nSPS) is 9.00. The molecule has 0 aliphatic carbocycles. The highest BCUT2D eigenvalue weighted by atomic mass is 127. The van der Waals surface area contributed by atoms with Crippen molar-refractivity contribution < 1.29 is 4.79 Å². The van der Waals surface area contributed by atoms with Crippen LogP contribution >= 0.6 is 22.6 Å². The van der Waals surface area contributed by atoms with E-state index in [0.717, 1.165) is 3.57 Å². The highest BCUT2D eigenvalue weighted by Crippen LogP contribution is 2.09. The van der Waals surface area contributed by atoms with E-state index in [4.69, 9.17) is 6.42 Å². The lowest BCUT2D eigenvalue weighted by molar-refractivity contribution is 0.0998. The molecule has 1 rings (SSSR count). The lowest BCUT2D eigenvalue weighted by atomic mass is 10.1. The van der Waals surface area contributed by atoms with Crippen molar-refractivity contribution in [2.75, 3.05) is 0 Å². The number of halogens is 1. The molecule has 0 atom stereocenters. The summed E-state index contributed by atoms with van der Waals surface area (Å²) in [6, 6.07) is 7.40. The van der Waals surface area contributed by atoms with Gasteiger partial charge in [-0.2, -0.15) is 0 Å². The molecule has 0 fully saturated rings. The molecule has 0 bridgehead atoms. The summed E-state index contributed by atoms with van der Waals surface area (Å²) in [4.78, 5) is 11.3. The Labute approximate surface area is 85.3 Å². The van der Waals surface area contributed by atoms with Crippen LogP contribution in [0.1, 0.15) is 16.8 Å². The lowest BCUT2D eigenvalue weighted by Crippen LogP contribution is -1.96. The molecule has 60 valence electrons. The van der Waals surface area contributed by atoms with E-state index in [9.17, 15) is 4.79 Å². The Morgan fingerprint density at radius 1 is 1.58 bits per heavy atom. The van der Waals surface area contributed by atoms with Gasteiger partial charge in [0.25, 0.3) is 0 Å². The van der Waals surface area contributed by atoms with Crippen molar-refractivity contribution in [1.29, 1.82) is 0 Å². The van der Waals surface area contributed by atoms with Gasteiger partial charge in [-0.05, 0) is 34.7 Å². The first kappa shape index (κ1) is 9.27. The van der Waals surface area contributed by atoms with Crippen LogP contribution in [-0.2, 0) is 0 Å². The molecule has 0 radical (unpaired) electrons. The molecule has 0 heterocycles. The van der Waals surface area contributed by atoms with E-state index in [1.807, 2.05) is 18.2 Å². The van der Waals surface area contributed by atoms with E-state index in [1.165, 1.54) is 0 Å². The van der Waals surface area contributed by atoms with Gasteiger partial charge < -0.3 is 0 Å². The number of ketones is 1. The van der Waals surface area contributed by atoms with Crippen molar-refractivity contribution >= 4 is 28.4 Å². The van der Waals surface area contributed by atoms with Crippen molar-refractivity contribution in [1.82, 2.24) is 0 Å². The Morgan fingerprint density at radius 3 is 2.92 bits per heavy atom. The van der Waals surface area contributed by atoms with Gasteiger partial charge in [0.05, 0.1) is 6.42 Å². The third kappa shape index (κ3) is 2.35. The maximum absolute atomic E-state index is 11.3. The summed E-state index contributed by atoms with van der Waals surface area (Å²) in [6.45, 7) is 0. The average molecular weight is 270 g/mol. The van der Waals surface area contributed by atoms with Crippen LogP contribution < -0.4 is 0 Å². The van der Waals surface area contributed by atoms with Crippen molar-refractivity contribution in [3.63, 3.8) is 0 Å². The third-order valence-corrected chi connectivity index (χ3v) is 2.08. The number of rotatable bonds is 2. The largest absolute Gasteiger partial charge is 0.293 e. The second-order valence-corrected chi connectivity index (χ2v) is 3.56. The standard InChI is InChI=1S/C10H7IO/c1-2-4-10(12)8-5-3-6-9(11)7-8/h1,3,5-7H,4H2. The average Bonchev–Trinajstić information content (AvgIpc) is 2.05. The van der Waals surface area contributed by atoms with Gasteiger partial charge in [0.2, 0.25) is 0 Å². The van der Waals surface area contributed by atoms with E-state index in [2.05, 4.69) is 28.5 Å². The molecule has 0 unspecified atom stereocenters. The van der Waals surface area contributed by atoms with E-state index in [0.29, 0.717) is 5.56 Å². The summed E-state index contributed by atoms with van der Waals surface area (Å²) in [5, 5.41) is 0. The summed E-state index contributed by atoms with van der Waals surface area (Å²) in [7, 11) is 0. The smallest absolute Gasteiger partial charge is 0.174 e. The van der Waals surface area contributed by atoms with Crippen LogP contribution in [-0.4, -0.2) is 5.78 Å². The van der Waals surface area contributed by atoms with Gasteiger partial charge in [-0.25, -0.2) is 0 Å². The third-order valence-electron chi connectivity index (χ3n) is 1.41. The predicted molar refractivity (Wildman–Crippen MR) is 56.9 cm³/mol. The molecular weight excluding hydrogens is 263 g/mol. The van der Waals surface area contributed by atoms with Crippen LogP contribution in [0.4, 0.5) is 0 Å². The Kier molecular flexibility index (Phi) is 3.30. The number of carbonyl (C=O) groups excluding carboxylic acids is 1. The van der Waals surface area contributed by atoms with Crippen LogP contribution in [0.2, 0.25) is 0 Å². The summed E-state index contributed by atoms with van der Waals surface area (Å²) in [6.07, 6.45) is 5.21. The Hall–Kier alpha value is -0.820. The zero-order valence-electron chi connectivity index (χ0n) is 6.38. The van der Waals surface area contributed by atoms with Gasteiger partial charge in [0.15, 0.2) is 5.78 Å². The number of hydrogen-bond donors (Lipinski definition) is 0.